The van der Waals surface area contributed by atoms with Crippen molar-refractivity contribution >= 4 is 49.4 Å². The first-order valence-electron chi connectivity index (χ1n) is 5.99. The number of halogens is 2. The Labute approximate surface area is 138 Å². The number of rotatable bonds is 3. The van der Waals surface area contributed by atoms with Crippen LogP contribution in [0.5, 0.6) is 0 Å². The first kappa shape index (κ1) is 15.7. The molecule has 0 fully saturated rings. The number of amides is 1. The lowest BCUT2D eigenvalue weighted by atomic mass is 10.1. The lowest BCUT2D eigenvalue weighted by molar-refractivity contribution is 0.0696. The highest BCUT2D eigenvalue weighted by Gasteiger charge is 2.12. The molecule has 2 aromatic rings. The van der Waals surface area contributed by atoms with Crippen molar-refractivity contribution in [2.45, 2.75) is 6.92 Å². The lowest BCUT2D eigenvalue weighted by Crippen LogP contribution is -2.13. The molecule has 1 amide bonds. The highest BCUT2D eigenvalue weighted by atomic mass is 79.9. The molecule has 0 bridgehead atoms. The minimum atomic E-state index is -1.02. The van der Waals surface area contributed by atoms with Crippen LogP contribution in [0, 0.1) is 6.92 Å². The van der Waals surface area contributed by atoms with Crippen molar-refractivity contribution in [2.75, 3.05) is 5.32 Å². The predicted molar refractivity (Wildman–Crippen MR) is 87.9 cm³/mol. The van der Waals surface area contributed by atoms with Crippen molar-refractivity contribution in [1.29, 1.82) is 0 Å². The molecule has 4 nitrogen and oxygen atoms in total. The summed E-state index contributed by atoms with van der Waals surface area (Å²) < 4.78 is 1.54. The average Bonchev–Trinajstić information content (AvgIpc) is 2.42. The monoisotopic (exact) mass is 411 g/mol. The Bertz CT molecular complexity index is 688. The zero-order chi connectivity index (χ0) is 15.6. The van der Waals surface area contributed by atoms with E-state index in [4.69, 9.17) is 5.11 Å². The largest absolute Gasteiger partial charge is 0.478 e. The maximum absolute atomic E-state index is 12.2. The summed E-state index contributed by atoms with van der Waals surface area (Å²) in [5.41, 5.74) is 2.22. The van der Waals surface area contributed by atoms with E-state index in [1.807, 2.05) is 19.1 Å². The fourth-order valence-electron chi connectivity index (χ4n) is 1.77. The Balaban J connectivity index is 2.24. The molecule has 0 radical (unpaired) electrons. The molecule has 0 unspecified atom stereocenters. The molecule has 2 rings (SSSR count). The Hall–Kier alpha value is -1.66. The van der Waals surface area contributed by atoms with Gasteiger partial charge in [-0.25, -0.2) is 4.79 Å². The second kappa shape index (κ2) is 6.41. The van der Waals surface area contributed by atoms with Crippen LogP contribution in [-0.2, 0) is 0 Å². The zero-order valence-electron chi connectivity index (χ0n) is 11.0. The van der Waals surface area contributed by atoms with Gasteiger partial charge in [-0.15, -0.1) is 0 Å². The minimum absolute atomic E-state index is 0.143. The SMILES string of the molecule is Cc1cc(Br)c(NC(=O)c2ccc(C(=O)O)cc2)c(Br)c1. The van der Waals surface area contributed by atoms with Gasteiger partial charge < -0.3 is 10.4 Å². The predicted octanol–water partition coefficient (Wildman–Crippen LogP) is 4.47. The summed E-state index contributed by atoms with van der Waals surface area (Å²) in [6, 6.07) is 9.55. The number of hydrogen-bond donors (Lipinski definition) is 2. The van der Waals surface area contributed by atoms with E-state index >= 15 is 0 Å². The lowest BCUT2D eigenvalue weighted by Gasteiger charge is -2.11. The molecular weight excluding hydrogens is 402 g/mol. The smallest absolute Gasteiger partial charge is 0.335 e. The Kier molecular flexibility index (Phi) is 4.80. The van der Waals surface area contributed by atoms with E-state index < -0.39 is 5.97 Å². The van der Waals surface area contributed by atoms with E-state index in [0.717, 1.165) is 14.5 Å². The summed E-state index contributed by atoms with van der Waals surface area (Å²) in [6.45, 7) is 1.95. The van der Waals surface area contributed by atoms with Gasteiger partial charge in [0, 0.05) is 14.5 Å². The number of aromatic carboxylic acids is 1. The van der Waals surface area contributed by atoms with E-state index in [2.05, 4.69) is 37.2 Å². The van der Waals surface area contributed by atoms with Gasteiger partial charge in [-0.05, 0) is 80.7 Å². The molecule has 0 saturated carbocycles. The van der Waals surface area contributed by atoms with Crippen LogP contribution in [-0.4, -0.2) is 17.0 Å². The average molecular weight is 413 g/mol. The molecular formula is C15H11Br2NO3. The van der Waals surface area contributed by atoms with Gasteiger partial charge in [0.15, 0.2) is 0 Å². The van der Waals surface area contributed by atoms with E-state index in [9.17, 15) is 9.59 Å². The van der Waals surface area contributed by atoms with Crippen LogP contribution >= 0.6 is 31.9 Å². The Morgan fingerprint density at radius 3 is 1.95 bits per heavy atom. The van der Waals surface area contributed by atoms with E-state index in [0.29, 0.717) is 11.3 Å². The van der Waals surface area contributed by atoms with E-state index in [1.54, 1.807) is 0 Å². The van der Waals surface area contributed by atoms with Crippen LogP contribution in [0.25, 0.3) is 0 Å². The number of benzene rings is 2. The number of anilines is 1. The summed E-state index contributed by atoms with van der Waals surface area (Å²) in [4.78, 5) is 23.0. The number of nitrogens with one attached hydrogen (secondary N) is 1. The molecule has 0 saturated heterocycles. The van der Waals surface area contributed by atoms with Gasteiger partial charge in [0.05, 0.1) is 11.3 Å². The van der Waals surface area contributed by atoms with Crippen LogP contribution in [0.2, 0.25) is 0 Å². The first-order valence-corrected chi connectivity index (χ1v) is 7.57. The Morgan fingerprint density at radius 1 is 1.00 bits per heavy atom. The van der Waals surface area contributed by atoms with Gasteiger partial charge >= 0.3 is 5.97 Å². The summed E-state index contributed by atoms with van der Waals surface area (Å²) in [5.74, 6) is -1.33. The molecule has 0 atom stereocenters. The summed E-state index contributed by atoms with van der Waals surface area (Å²) in [7, 11) is 0. The highest BCUT2D eigenvalue weighted by Crippen LogP contribution is 2.32. The Morgan fingerprint density at radius 2 is 1.48 bits per heavy atom. The van der Waals surface area contributed by atoms with E-state index in [1.165, 1.54) is 24.3 Å². The third-order valence-electron chi connectivity index (χ3n) is 2.82. The van der Waals surface area contributed by atoms with Crippen LogP contribution in [0.4, 0.5) is 5.69 Å². The van der Waals surface area contributed by atoms with Gasteiger partial charge in [-0.1, -0.05) is 0 Å². The number of aryl methyl sites for hydroxylation is 1. The molecule has 2 N–H and O–H groups in total. The maximum Gasteiger partial charge on any atom is 0.335 e. The summed E-state index contributed by atoms with van der Waals surface area (Å²) >= 11 is 6.81. The normalized spacial score (nSPS) is 10.2. The van der Waals surface area contributed by atoms with Gasteiger partial charge in [-0.2, -0.15) is 0 Å². The van der Waals surface area contributed by atoms with Crippen molar-refractivity contribution in [3.05, 3.63) is 62.0 Å². The van der Waals surface area contributed by atoms with Gasteiger partial charge in [0.1, 0.15) is 0 Å². The van der Waals surface area contributed by atoms with Crippen LogP contribution in [0.3, 0.4) is 0 Å². The van der Waals surface area contributed by atoms with Gasteiger partial charge in [0.25, 0.3) is 5.91 Å². The third kappa shape index (κ3) is 3.71. The molecule has 0 aromatic heterocycles. The molecule has 0 aliphatic rings. The molecule has 108 valence electrons. The van der Waals surface area contributed by atoms with E-state index in [-0.39, 0.29) is 11.5 Å². The molecule has 0 spiro atoms. The number of hydrogen-bond acceptors (Lipinski definition) is 2. The molecule has 0 heterocycles. The highest BCUT2D eigenvalue weighted by molar-refractivity contribution is 9.11. The fourth-order valence-corrected chi connectivity index (χ4v) is 3.38. The number of carbonyl (C=O) groups excluding carboxylic acids is 1. The van der Waals surface area contributed by atoms with Crippen molar-refractivity contribution in [1.82, 2.24) is 0 Å². The fraction of sp³-hybridized carbons (Fsp3) is 0.0667. The second-order valence-corrected chi connectivity index (χ2v) is 6.15. The number of carbonyl (C=O) groups is 2. The standard InChI is InChI=1S/C15H11Br2NO3/c1-8-6-11(16)13(12(17)7-8)18-14(19)9-2-4-10(5-3-9)15(20)21/h2-7H,1H3,(H,18,19)(H,20,21). The number of carboxylic acid groups (broad SMARTS) is 1. The topological polar surface area (TPSA) is 66.4 Å². The van der Waals surface area contributed by atoms with Crippen LogP contribution < -0.4 is 5.32 Å². The summed E-state index contributed by atoms with van der Waals surface area (Å²) in [6.07, 6.45) is 0. The maximum atomic E-state index is 12.2. The molecule has 21 heavy (non-hydrogen) atoms. The van der Waals surface area contributed by atoms with Crippen LogP contribution in [0.1, 0.15) is 26.3 Å². The van der Waals surface area contributed by atoms with Crippen molar-refractivity contribution in [3.8, 4) is 0 Å². The van der Waals surface area contributed by atoms with Crippen LogP contribution in [0.15, 0.2) is 45.3 Å². The number of carboxylic acids is 1. The first-order chi connectivity index (χ1) is 9.88. The zero-order valence-corrected chi connectivity index (χ0v) is 14.2. The molecule has 6 heteroatoms. The minimum Gasteiger partial charge on any atom is -0.478 e. The van der Waals surface area contributed by atoms with Crippen molar-refractivity contribution < 1.29 is 14.7 Å². The molecule has 0 aliphatic heterocycles. The van der Waals surface area contributed by atoms with Gasteiger partial charge in [-0.3, -0.25) is 4.79 Å². The third-order valence-corrected chi connectivity index (χ3v) is 4.07. The van der Waals surface area contributed by atoms with Crippen molar-refractivity contribution in [2.24, 2.45) is 0 Å². The quantitative estimate of drug-likeness (QED) is 0.781. The molecule has 2 aromatic carbocycles. The van der Waals surface area contributed by atoms with Crippen molar-refractivity contribution in [3.63, 3.8) is 0 Å². The van der Waals surface area contributed by atoms with Gasteiger partial charge in [0.2, 0.25) is 0 Å². The summed E-state index contributed by atoms with van der Waals surface area (Å²) in [5, 5.41) is 11.6. The second-order valence-electron chi connectivity index (χ2n) is 4.44. The molecule has 0 aliphatic carbocycles.